The number of pyridine rings is 1. The molecule has 2 aromatic heterocycles. The van der Waals surface area contributed by atoms with Crippen LogP contribution >= 0.6 is 0 Å². The van der Waals surface area contributed by atoms with Gasteiger partial charge in [0.25, 0.3) is 5.91 Å². The van der Waals surface area contributed by atoms with Gasteiger partial charge in [-0.1, -0.05) is 44.2 Å². The average Bonchev–Trinajstić information content (AvgIpc) is 3.39. The van der Waals surface area contributed by atoms with E-state index in [1.165, 1.54) is 6.20 Å². The summed E-state index contributed by atoms with van der Waals surface area (Å²) in [5, 5.41) is 13.2. The van der Waals surface area contributed by atoms with Gasteiger partial charge in [0, 0.05) is 24.4 Å². The Morgan fingerprint density at radius 1 is 1.00 bits per heavy atom. The zero-order valence-electron chi connectivity index (χ0n) is 18.9. The number of carbonyl (C=O) groups is 1. The quantitative estimate of drug-likeness (QED) is 0.402. The molecule has 0 atom stereocenters. The number of carbonyl (C=O) groups excluding carboxylic acids is 1. The third-order valence-corrected chi connectivity index (χ3v) is 7.60. The third-order valence-electron chi connectivity index (χ3n) is 5.51. The molecule has 4 aromatic rings. The number of hydrogen-bond donors (Lipinski definition) is 2. The number of H-pyrrole nitrogens is 1. The molecule has 0 unspecified atom stereocenters. The zero-order valence-corrected chi connectivity index (χ0v) is 19.7. The van der Waals surface area contributed by atoms with Crippen molar-refractivity contribution in [1.29, 1.82) is 0 Å². The lowest BCUT2D eigenvalue weighted by molar-refractivity contribution is 0.0950. The molecule has 4 rings (SSSR count). The molecule has 0 aliphatic carbocycles. The highest BCUT2D eigenvalue weighted by atomic mass is 32.2. The minimum absolute atomic E-state index is 0.0853. The van der Waals surface area contributed by atoms with E-state index < -0.39 is 15.3 Å². The van der Waals surface area contributed by atoms with Crippen molar-refractivity contribution in [2.24, 2.45) is 0 Å². The number of rotatable bonds is 8. The summed E-state index contributed by atoms with van der Waals surface area (Å²) < 4.78 is 26.0. The lowest BCUT2D eigenvalue weighted by Gasteiger charge is -2.21. The monoisotopic (exact) mass is 475 g/mol. The average molecular weight is 476 g/mol. The number of sulfone groups is 1. The Morgan fingerprint density at radius 2 is 1.79 bits per heavy atom. The number of nitrogens with zero attached hydrogens (tertiary/aromatic N) is 3. The predicted octanol–water partition coefficient (Wildman–Crippen LogP) is 3.55. The lowest BCUT2D eigenvalue weighted by Crippen LogP contribution is -2.28. The smallest absolute Gasteiger partial charge is 0.253 e. The highest BCUT2D eigenvalue weighted by Gasteiger charge is 2.31. The summed E-state index contributed by atoms with van der Waals surface area (Å²) in [7, 11) is -3.53. The Kier molecular flexibility index (Phi) is 6.56. The SMILES string of the molecule is CC(C)(CS(=O)(=O)c1ccc(-c2cccc(CNC(=O)c3cccnc3)c2)cc1)c1cn[nH]n1. The van der Waals surface area contributed by atoms with E-state index in [-0.39, 0.29) is 16.6 Å². The molecule has 0 bridgehead atoms. The van der Waals surface area contributed by atoms with Crippen LogP contribution < -0.4 is 5.32 Å². The fourth-order valence-electron chi connectivity index (χ4n) is 3.66. The Balaban J connectivity index is 1.46. The Labute approximate surface area is 198 Å². The first-order valence-electron chi connectivity index (χ1n) is 10.7. The molecular weight excluding hydrogens is 450 g/mol. The summed E-state index contributed by atoms with van der Waals surface area (Å²) in [5.74, 6) is -0.278. The van der Waals surface area contributed by atoms with Gasteiger partial charge in [-0.2, -0.15) is 15.4 Å². The molecule has 0 spiro atoms. The molecule has 0 aliphatic rings. The van der Waals surface area contributed by atoms with Gasteiger partial charge in [-0.25, -0.2) is 8.42 Å². The fourth-order valence-corrected chi connectivity index (χ4v) is 5.47. The largest absolute Gasteiger partial charge is 0.348 e. The van der Waals surface area contributed by atoms with Crippen molar-refractivity contribution < 1.29 is 13.2 Å². The van der Waals surface area contributed by atoms with E-state index in [4.69, 9.17) is 0 Å². The van der Waals surface area contributed by atoms with Crippen LogP contribution in [-0.4, -0.2) is 40.5 Å². The molecule has 2 aromatic carbocycles. The van der Waals surface area contributed by atoms with Crippen LogP contribution in [0.1, 0.15) is 35.5 Å². The maximum Gasteiger partial charge on any atom is 0.253 e. The minimum Gasteiger partial charge on any atom is -0.348 e. The summed E-state index contributed by atoms with van der Waals surface area (Å²) in [6.45, 7) is 4.02. The van der Waals surface area contributed by atoms with Crippen LogP contribution in [0.25, 0.3) is 11.1 Å². The fraction of sp³-hybridized carbons (Fsp3) is 0.200. The van der Waals surface area contributed by atoms with Crippen molar-refractivity contribution in [3.8, 4) is 11.1 Å². The third kappa shape index (κ3) is 5.37. The number of aromatic nitrogens is 4. The van der Waals surface area contributed by atoms with Crippen LogP contribution in [-0.2, 0) is 21.8 Å². The molecule has 0 saturated heterocycles. The first kappa shape index (κ1) is 23.3. The first-order valence-corrected chi connectivity index (χ1v) is 12.4. The highest BCUT2D eigenvalue weighted by molar-refractivity contribution is 7.91. The van der Waals surface area contributed by atoms with Gasteiger partial charge in [-0.3, -0.25) is 9.78 Å². The molecule has 0 aliphatic heterocycles. The summed E-state index contributed by atoms with van der Waals surface area (Å²) in [5.41, 5.74) is 3.16. The van der Waals surface area contributed by atoms with E-state index in [1.807, 2.05) is 38.1 Å². The molecule has 174 valence electrons. The van der Waals surface area contributed by atoms with E-state index in [0.29, 0.717) is 17.8 Å². The Hall–Kier alpha value is -3.85. The van der Waals surface area contributed by atoms with Gasteiger partial charge >= 0.3 is 0 Å². The molecular formula is C25H25N5O3S. The summed E-state index contributed by atoms with van der Waals surface area (Å²) >= 11 is 0. The van der Waals surface area contributed by atoms with Gasteiger partial charge in [-0.15, -0.1) is 0 Å². The molecule has 1 amide bonds. The van der Waals surface area contributed by atoms with Gasteiger partial charge in [0.2, 0.25) is 0 Å². The van der Waals surface area contributed by atoms with Crippen LogP contribution in [0.5, 0.6) is 0 Å². The van der Waals surface area contributed by atoms with Crippen LogP contribution in [0.15, 0.2) is 84.1 Å². The van der Waals surface area contributed by atoms with Crippen molar-refractivity contribution in [2.45, 2.75) is 30.7 Å². The van der Waals surface area contributed by atoms with Crippen molar-refractivity contribution in [2.75, 3.05) is 5.75 Å². The van der Waals surface area contributed by atoms with Gasteiger partial charge in [0.15, 0.2) is 9.84 Å². The molecule has 0 radical (unpaired) electrons. The number of hydrogen-bond acceptors (Lipinski definition) is 6. The van der Waals surface area contributed by atoms with Crippen LogP contribution in [0, 0.1) is 0 Å². The Morgan fingerprint density at radius 3 is 2.47 bits per heavy atom. The summed E-state index contributed by atoms with van der Waals surface area (Å²) in [4.78, 5) is 16.5. The molecule has 0 fully saturated rings. The van der Waals surface area contributed by atoms with E-state index in [1.54, 1.807) is 48.8 Å². The predicted molar refractivity (Wildman–Crippen MR) is 129 cm³/mol. The van der Waals surface area contributed by atoms with Crippen molar-refractivity contribution in [3.63, 3.8) is 0 Å². The maximum absolute atomic E-state index is 13.0. The Bertz CT molecular complexity index is 1370. The van der Waals surface area contributed by atoms with E-state index >= 15 is 0 Å². The van der Waals surface area contributed by atoms with Crippen LogP contribution in [0.3, 0.4) is 0 Å². The number of nitrogens with one attached hydrogen (secondary N) is 2. The number of amides is 1. The van der Waals surface area contributed by atoms with Gasteiger partial charge in [-0.05, 0) is 47.0 Å². The van der Waals surface area contributed by atoms with Gasteiger partial charge in [0.05, 0.1) is 28.1 Å². The summed E-state index contributed by atoms with van der Waals surface area (Å²) in [6, 6.07) is 18.0. The van der Waals surface area contributed by atoms with Crippen molar-refractivity contribution in [3.05, 3.63) is 96.1 Å². The maximum atomic E-state index is 13.0. The minimum atomic E-state index is -3.53. The number of aromatic amines is 1. The molecule has 2 N–H and O–H groups in total. The molecule has 0 saturated carbocycles. The first-order chi connectivity index (χ1) is 16.2. The normalized spacial score (nSPS) is 11.8. The van der Waals surface area contributed by atoms with Crippen LogP contribution in [0.2, 0.25) is 0 Å². The van der Waals surface area contributed by atoms with Crippen molar-refractivity contribution in [1.82, 2.24) is 25.7 Å². The molecule has 2 heterocycles. The van der Waals surface area contributed by atoms with Gasteiger partial charge < -0.3 is 5.32 Å². The standard InChI is InChI=1S/C25H25N5O3S/c1-25(2,23-16-28-30-29-23)17-34(32,33)22-10-8-19(9-11-22)20-6-3-5-18(13-20)14-27-24(31)21-7-4-12-26-15-21/h3-13,15-16H,14,17H2,1-2H3,(H,27,31)(H,28,29,30). The van der Waals surface area contributed by atoms with Crippen LogP contribution in [0.4, 0.5) is 0 Å². The van der Waals surface area contributed by atoms with E-state index in [9.17, 15) is 13.2 Å². The molecule has 9 heteroatoms. The lowest BCUT2D eigenvalue weighted by atomic mass is 9.93. The van der Waals surface area contributed by atoms with E-state index in [0.717, 1.165) is 16.7 Å². The molecule has 34 heavy (non-hydrogen) atoms. The highest BCUT2D eigenvalue weighted by Crippen LogP contribution is 2.28. The van der Waals surface area contributed by atoms with Crippen molar-refractivity contribution >= 4 is 15.7 Å². The zero-order chi connectivity index (χ0) is 24.2. The summed E-state index contributed by atoms with van der Waals surface area (Å²) in [6.07, 6.45) is 4.69. The molecule has 8 nitrogen and oxygen atoms in total. The number of benzene rings is 2. The van der Waals surface area contributed by atoms with E-state index in [2.05, 4.69) is 25.7 Å². The second-order valence-electron chi connectivity index (χ2n) is 8.65. The second kappa shape index (κ2) is 9.56. The second-order valence-corrected chi connectivity index (χ2v) is 10.6. The topological polar surface area (TPSA) is 118 Å². The van der Waals surface area contributed by atoms with Gasteiger partial charge in [0.1, 0.15) is 0 Å².